The summed E-state index contributed by atoms with van der Waals surface area (Å²) < 4.78 is 0. The van der Waals surface area contributed by atoms with Gasteiger partial charge in [-0.15, -0.1) is 0 Å². The van der Waals surface area contributed by atoms with Crippen LogP contribution in [0, 0.1) is 11.3 Å². The Bertz CT molecular complexity index is 310. The molecule has 4 nitrogen and oxygen atoms in total. The van der Waals surface area contributed by atoms with E-state index in [1.807, 2.05) is 0 Å². The van der Waals surface area contributed by atoms with Crippen molar-refractivity contribution in [3.05, 3.63) is 0 Å². The molecule has 2 amide bonds. The molecule has 5 heteroatoms. The van der Waals surface area contributed by atoms with Gasteiger partial charge in [-0.05, 0) is 5.25 Å². The topological polar surface area (TPSA) is 54.5 Å². The number of carbonyl (C=O) groups excluding carboxylic acids is 3. The summed E-state index contributed by atoms with van der Waals surface area (Å²) in [5.41, 5.74) is 0. The third-order valence-electron chi connectivity index (χ3n) is 1.40. The normalized spacial score (nSPS) is 15.6. The first-order valence-corrected chi connectivity index (χ1v) is 4.47. The van der Waals surface area contributed by atoms with Crippen LogP contribution in [0.25, 0.3) is 0 Å². The van der Waals surface area contributed by atoms with Gasteiger partial charge in [-0.3, -0.25) is 14.4 Å². The van der Waals surface area contributed by atoms with Crippen molar-refractivity contribution < 1.29 is 14.4 Å². The molecule has 0 unspecified atom stereocenters. The zero-order valence-corrected chi connectivity index (χ0v) is 7.81. The van der Waals surface area contributed by atoms with Crippen LogP contribution in [0.2, 0.25) is 0 Å². The van der Waals surface area contributed by atoms with E-state index in [0.29, 0.717) is 0 Å². The molecule has 0 aromatic heterocycles. The highest BCUT2D eigenvalue weighted by atomic mass is 32.2. The molecule has 13 heavy (non-hydrogen) atoms. The first-order valence-electron chi connectivity index (χ1n) is 3.65. The van der Waals surface area contributed by atoms with Gasteiger partial charge in [0, 0.05) is 37.6 Å². The second-order valence-electron chi connectivity index (χ2n) is 2.43. The maximum absolute atomic E-state index is 11.0. The number of nitrogens with zero attached hydrogens (tertiary/aromatic N) is 1. The molecule has 1 heterocycles. The summed E-state index contributed by atoms with van der Waals surface area (Å²) in [5, 5.41) is 2.23. The Hall–Kier alpha value is -1.28. The highest BCUT2D eigenvalue weighted by Gasteiger charge is 2.27. The Labute approximate surface area is 79.7 Å². The molecule has 0 saturated carbocycles. The van der Waals surface area contributed by atoms with Crippen molar-refractivity contribution in [3.8, 4) is 11.3 Å². The minimum Gasteiger partial charge on any atom is -0.287 e. The van der Waals surface area contributed by atoms with Gasteiger partial charge in [-0.1, -0.05) is 0 Å². The largest absolute Gasteiger partial charge is 0.287 e. The van der Waals surface area contributed by atoms with E-state index < -0.39 is 0 Å². The Balaban J connectivity index is 2.60. The molecular formula is C8H7NO3S. The van der Waals surface area contributed by atoms with Crippen molar-refractivity contribution in [2.24, 2.45) is 0 Å². The fourth-order valence-electron chi connectivity index (χ4n) is 0.842. The van der Waals surface area contributed by atoms with Gasteiger partial charge >= 0.3 is 0 Å². The number of amides is 2. The lowest BCUT2D eigenvalue weighted by Crippen LogP contribution is -2.23. The van der Waals surface area contributed by atoms with Gasteiger partial charge in [0.15, 0.2) is 5.12 Å². The first kappa shape index (κ1) is 9.81. The summed E-state index contributed by atoms with van der Waals surface area (Å²) in [7, 11) is 0. The van der Waals surface area contributed by atoms with Crippen LogP contribution < -0.4 is 0 Å². The molecular weight excluding hydrogens is 190 g/mol. The molecule has 0 atom stereocenters. The smallest absolute Gasteiger partial charge is 0.241 e. The van der Waals surface area contributed by atoms with Gasteiger partial charge in [0.2, 0.25) is 11.8 Å². The molecule has 0 bridgehead atoms. The van der Waals surface area contributed by atoms with Crippen molar-refractivity contribution in [2.45, 2.75) is 19.8 Å². The second kappa shape index (κ2) is 4.10. The second-order valence-corrected chi connectivity index (χ2v) is 3.41. The zero-order chi connectivity index (χ0) is 9.84. The average molecular weight is 197 g/mol. The van der Waals surface area contributed by atoms with E-state index in [1.54, 1.807) is 0 Å². The predicted molar refractivity (Wildman–Crippen MR) is 47.1 cm³/mol. The van der Waals surface area contributed by atoms with Gasteiger partial charge in [-0.2, -0.15) is 0 Å². The standard InChI is InChI=1S/C8H7NO3S/c1-6(10)13-5-4-9-7(11)2-3-8(9)12/h2-3H2,1H3. The number of hydrogen-bond acceptors (Lipinski definition) is 4. The number of likely N-dealkylation sites (tertiary alicyclic amines) is 1. The zero-order valence-electron chi connectivity index (χ0n) is 6.99. The lowest BCUT2D eigenvalue weighted by molar-refractivity contribution is -0.134. The lowest BCUT2D eigenvalue weighted by atomic mass is 10.4. The average Bonchev–Trinajstić information content (AvgIpc) is 2.34. The molecule has 0 spiro atoms. The Morgan fingerprint density at radius 3 is 2.38 bits per heavy atom. The number of carbonyl (C=O) groups is 3. The van der Waals surface area contributed by atoms with Crippen LogP contribution in [0.15, 0.2) is 0 Å². The molecule has 1 aliphatic rings. The third-order valence-corrected chi connectivity index (χ3v) is 1.88. The van der Waals surface area contributed by atoms with Gasteiger partial charge in [0.25, 0.3) is 0 Å². The van der Waals surface area contributed by atoms with E-state index in [9.17, 15) is 14.4 Å². The molecule has 0 N–H and O–H groups in total. The summed E-state index contributed by atoms with van der Waals surface area (Å²) in [4.78, 5) is 33.3. The summed E-state index contributed by atoms with van der Waals surface area (Å²) in [6, 6.07) is 2.34. The first-order chi connectivity index (χ1) is 6.11. The number of rotatable bonds is 0. The Morgan fingerprint density at radius 2 is 1.92 bits per heavy atom. The van der Waals surface area contributed by atoms with Crippen LogP contribution in [0.3, 0.4) is 0 Å². The summed E-state index contributed by atoms with van der Waals surface area (Å²) >= 11 is 0.776. The number of hydrogen-bond donors (Lipinski definition) is 0. The van der Waals surface area contributed by atoms with Crippen LogP contribution in [0.4, 0.5) is 0 Å². The summed E-state index contributed by atoms with van der Waals surface area (Å²) in [6.07, 6.45) is 0.441. The van der Waals surface area contributed by atoms with Crippen molar-refractivity contribution >= 4 is 28.7 Å². The Morgan fingerprint density at radius 1 is 1.38 bits per heavy atom. The highest BCUT2D eigenvalue weighted by molar-refractivity contribution is 8.17. The van der Waals surface area contributed by atoms with E-state index in [2.05, 4.69) is 11.3 Å². The monoisotopic (exact) mass is 197 g/mol. The van der Waals surface area contributed by atoms with E-state index in [-0.39, 0.29) is 29.8 Å². The van der Waals surface area contributed by atoms with Gasteiger partial charge in [0.05, 0.1) is 0 Å². The quantitative estimate of drug-likeness (QED) is 0.415. The maximum Gasteiger partial charge on any atom is 0.241 e. The minimum atomic E-state index is -0.290. The summed E-state index contributed by atoms with van der Waals surface area (Å²) in [5.74, 6) is -0.580. The Kier molecular flexibility index (Phi) is 3.09. The SMILES string of the molecule is CC(=O)SC#CN1C(=O)CCC1=O. The van der Waals surface area contributed by atoms with E-state index in [1.165, 1.54) is 6.92 Å². The van der Waals surface area contributed by atoms with Gasteiger partial charge < -0.3 is 0 Å². The molecule has 68 valence electrons. The molecule has 0 aromatic rings. The molecule has 1 rings (SSSR count). The summed E-state index contributed by atoms with van der Waals surface area (Å²) in [6.45, 7) is 1.37. The van der Waals surface area contributed by atoms with Crippen LogP contribution in [0.1, 0.15) is 19.8 Å². The van der Waals surface area contributed by atoms with E-state index >= 15 is 0 Å². The van der Waals surface area contributed by atoms with E-state index in [0.717, 1.165) is 16.7 Å². The fraction of sp³-hybridized carbons (Fsp3) is 0.375. The van der Waals surface area contributed by atoms with Crippen molar-refractivity contribution in [3.63, 3.8) is 0 Å². The maximum atomic E-state index is 11.0. The van der Waals surface area contributed by atoms with Gasteiger partial charge in [0.1, 0.15) is 0 Å². The predicted octanol–water partition coefficient (Wildman–Crippen LogP) is 0.333. The molecule has 0 radical (unpaired) electrons. The number of imide groups is 1. The third kappa shape index (κ3) is 2.60. The van der Waals surface area contributed by atoms with Crippen molar-refractivity contribution in [2.75, 3.05) is 0 Å². The molecule has 1 fully saturated rings. The molecule has 0 aliphatic carbocycles. The van der Waals surface area contributed by atoms with Crippen LogP contribution >= 0.6 is 11.8 Å². The molecule has 1 saturated heterocycles. The van der Waals surface area contributed by atoms with Crippen molar-refractivity contribution in [1.82, 2.24) is 4.90 Å². The van der Waals surface area contributed by atoms with Crippen LogP contribution in [-0.2, 0) is 14.4 Å². The fourth-order valence-corrected chi connectivity index (χ4v) is 1.12. The van der Waals surface area contributed by atoms with Crippen molar-refractivity contribution in [1.29, 1.82) is 0 Å². The van der Waals surface area contributed by atoms with E-state index in [4.69, 9.17) is 0 Å². The van der Waals surface area contributed by atoms with Crippen LogP contribution in [-0.4, -0.2) is 21.8 Å². The number of thioether (sulfide) groups is 1. The highest BCUT2D eigenvalue weighted by Crippen LogP contribution is 2.10. The van der Waals surface area contributed by atoms with Gasteiger partial charge in [-0.25, -0.2) is 4.90 Å². The van der Waals surface area contributed by atoms with Crippen LogP contribution in [0.5, 0.6) is 0 Å². The molecule has 0 aromatic carbocycles. The molecule has 1 aliphatic heterocycles. The lowest BCUT2D eigenvalue weighted by Gasteiger charge is -2.00. The minimum absolute atomic E-state index is 0.161.